The lowest BCUT2D eigenvalue weighted by Crippen LogP contribution is -2.39. The third kappa shape index (κ3) is 3.38. The van der Waals surface area contributed by atoms with Crippen molar-refractivity contribution in [3.63, 3.8) is 0 Å². The molecule has 4 nitrogen and oxygen atoms in total. The summed E-state index contributed by atoms with van der Waals surface area (Å²) in [5.41, 5.74) is 6.31. The zero-order valence-corrected chi connectivity index (χ0v) is 12.0. The van der Waals surface area contributed by atoms with E-state index in [4.69, 9.17) is 15.3 Å². The summed E-state index contributed by atoms with van der Waals surface area (Å²) >= 11 is 0. The first-order valence-corrected chi connectivity index (χ1v) is 7.32. The molecular formula is C15H26N2O2. The normalized spacial score (nSPS) is 23.7. The van der Waals surface area contributed by atoms with Crippen LogP contribution in [0.2, 0.25) is 0 Å². The summed E-state index contributed by atoms with van der Waals surface area (Å²) in [5, 5.41) is 9.07. The van der Waals surface area contributed by atoms with Gasteiger partial charge in [0.1, 0.15) is 11.5 Å². The monoisotopic (exact) mass is 266 g/mol. The number of rotatable bonds is 6. The molecule has 1 aromatic rings. The van der Waals surface area contributed by atoms with E-state index in [-0.39, 0.29) is 18.7 Å². The van der Waals surface area contributed by atoms with Gasteiger partial charge in [-0.15, -0.1) is 0 Å². The largest absolute Gasteiger partial charge is 0.465 e. The van der Waals surface area contributed by atoms with E-state index in [2.05, 4.69) is 17.9 Å². The summed E-state index contributed by atoms with van der Waals surface area (Å²) in [5.74, 6) is 2.51. The van der Waals surface area contributed by atoms with Gasteiger partial charge in [0.05, 0.1) is 6.04 Å². The first kappa shape index (κ1) is 14.6. The van der Waals surface area contributed by atoms with Crippen molar-refractivity contribution < 1.29 is 9.52 Å². The van der Waals surface area contributed by atoms with E-state index in [0.717, 1.165) is 43.9 Å². The zero-order chi connectivity index (χ0) is 13.8. The Labute approximate surface area is 115 Å². The molecule has 0 amide bonds. The molecule has 108 valence electrons. The van der Waals surface area contributed by atoms with Gasteiger partial charge in [-0.25, -0.2) is 0 Å². The zero-order valence-electron chi connectivity index (χ0n) is 12.0. The highest BCUT2D eigenvalue weighted by Crippen LogP contribution is 2.32. The number of aryl methyl sites for hydroxylation is 1. The first-order valence-electron chi connectivity index (χ1n) is 7.32. The SMILES string of the molecule is CCC(N)C(c1ccc(C)o1)N1CCC(CCO)C1. The van der Waals surface area contributed by atoms with Gasteiger partial charge in [-0.3, -0.25) is 4.90 Å². The average molecular weight is 266 g/mol. The fourth-order valence-electron chi connectivity index (χ4n) is 3.03. The second-order valence-electron chi connectivity index (χ2n) is 5.63. The van der Waals surface area contributed by atoms with Crippen LogP contribution in [-0.4, -0.2) is 35.7 Å². The summed E-state index contributed by atoms with van der Waals surface area (Å²) in [6, 6.07) is 4.32. The summed E-state index contributed by atoms with van der Waals surface area (Å²) in [4.78, 5) is 2.42. The standard InChI is InChI=1S/C15H26N2O2/c1-3-13(16)15(14-5-4-11(2)19-14)17-8-6-12(10-17)7-9-18/h4-5,12-13,15,18H,3,6-10,16H2,1-2H3. The number of hydrogen-bond donors (Lipinski definition) is 2. The van der Waals surface area contributed by atoms with Crippen LogP contribution in [0.5, 0.6) is 0 Å². The minimum atomic E-state index is 0.0958. The van der Waals surface area contributed by atoms with Crippen molar-refractivity contribution in [2.75, 3.05) is 19.7 Å². The second kappa shape index (κ2) is 6.55. The predicted molar refractivity (Wildman–Crippen MR) is 75.8 cm³/mol. The minimum absolute atomic E-state index is 0.0958. The molecule has 19 heavy (non-hydrogen) atoms. The van der Waals surface area contributed by atoms with Gasteiger partial charge in [0.15, 0.2) is 0 Å². The fourth-order valence-corrected chi connectivity index (χ4v) is 3.03. The third-order valence-electron chi connectivity index (χ3n) is 4.18. The molecule has 1 aliphatic heterocycles. The molecule has 0 aromatic carbocycles. The van der Waals surface area contributed by atoms with Crippen molar-refractivity contribution in [3.05, 3.63) is 23.7 Å². The number of nitrogens with two attached hydrogens (primary N) is 1. The van der Waals surface area contributed by atoms with Crippen LogP contribution in [0, 0.1) is 12.8 Å². The van der Waals surface area contributed by atoms with Crippen LogP contribution in [0.3, 0.4) is 0 Å². The quantitative estimate of drug-likeness (QED) is 0.827. The topological polar surface area (TPSA) is 62.6 Å². The van der Waals surface area contributed by atoms with Gasteiger partial charge in [0, 0.05) is 19.2 Å². The average Bonchev–Trinajstić information content (AvgIpc) is 3.00. The highest BCUT2D eigenvalue weighted by Gasteiger charge is 2.33. The number of nitrogens with zero attached hydrogens (tertiary/aromatic N) is 1. The summed E-state index contributed by atoms with van der Waals surface area (Å²) in [6.45, 7) is 6.43. The molecule has 3 unspecified atom stereocenters. The fraction of sp³-hybridized carbons (Fsp3) is 0.733. The van der Waals surface area contributed by atoms with Crippen LogP contribution in [-0.2, 0) is 0 Å². The number of aliphatic hydroxyl groups is 1. The smallest absolute Gasteiger partial charge is 0.122 e. The summed E-state index contributed by atoms with van der Waals surface area (Å²) in [6.07, 6.45) is 2.97. The number of hydrogen-bond acceptors (Lipinski definition) is 4. The van der Waals surface area contributed by atoms with Crippen LogP contribution in [0.4, 0.5) is 0 Å². The Morgan fingerprint density at radius 2 is 2.32 bits per heavy atom. The maximum Gasteiger partial charge on any atom is 0.122 e. The van der Waals surface area contributed by atoms with Gasteiger partial charge >= 0.3 is 0 Å². The van der Waals surface area contributed by atoms with E-state index in [1.807, 2.05) is 13.0 Å². The molecule has 2 rings (SSSR count). The van der Waals surface area contributed by atoms with Crippen molar-refractivity contribution in [1.29, 1.82) is 0 Å². The summed E-state index contributed by atoms with van der Waals surface area (Å²) < 4.78 is 5.81. The van der Waals surface area contributed by atoms with E-state index >= 15 is 0 Å². The Kier molecular flexibility index (Phi) is 5.02. The van der Waals surface area contributed by atoms with Crippen LogP contribution < -0.4 is 5.73 Å². The Hall–Kier alpha value is -0.840. The minimum Gasteiger partial charge on any atom is -0.465 e. The van der Waals surface area contributed by atoms with Crippen molar-refractivity contribution in [2.24, 2.45) is 11.7 Å². The van der Waals surface area contributed by atoms with Crippen molar-refractivity contribution in [3.8, 4) is 0 Å². The maximum absolute atomic E-state index is 9.07. The molecule has 1 aliphatic rings. The highest BCUT2D eigenvalue weighted by atomic mass is 16.3. The Bertz CT molecular complexity index is 391. The number of aliphatic hydroxyl groups excluding tert-OH is 1. The molecule has 0 spiro atoms. The second-order valence-corrected chi connectivity index (χ2v) is 5.63. The van der Waals surface area contributed by atoms with E-state index in [1.165, 1.54) is 0 Å². The maximum atomic E-state index is 9.07. The molecule has 0 bridgehead atoms. The van der Waals surface area contributed by atoms with E-state index < -0.39 is 0 Å². The van der Waals surface area contributed by atoms with Crippen LogP contribution in [0.15, 0.2) is 16.5 Å². The third-order valence-corrected chi connectivity index (χ3v) is 4.18. The molecule has 1 saturated heterocycles. The lowest BCUT2D eigenvalue weighted by atomic mass is 10.0. The molecular weight excluding hydrogens is 240 g/mol. The van der Waals surface area contributed by atoms with Gasteiger partial charge in [0.2, 0.25) is 0 Å². The van der Waals surface area contributed by atoms with Crippen molar-refractivity contribution in [2.45, 2.75) is 45.2 Å². The molecule has 0 aliphatic carbocycles. The molecule has 3 N–H and O–H groups in total. The van der Waals surface area contributed by atoms with Gasteiger partial charge in [-0.2, -0.15) is 0 Å². The predicted octanol–water partition coefficient (Wildman–Crippen LogP) is 2.07. The highest BCUT2D eigenvalue weighted by molar-refractivity contribution is 5.12. The lowest BCUT2D eigenvalue weighted by molar-refractivity contribution is 0.170. The van der Waals surface area contributed by atoms with Gasteiger partial charge < -0.3 is 15.3 Å². The van der Waals surface area contributed by atoms with Gasteiger partial charge in [0.25, 0.3) is 0 Å². The molecule has 1 fully saturated rings. The van der Waals surface area contributed by atoms with Gasteiger partial charge in [-0.1, -0.05) is 6.92 Å². The van der Waals surface area contributed by atoms with Crippen LogP contribution >= 0.6 is 0 Å². The first-order chi connectivity index (χ1) is 9.15. The Morgan fingerprint density at radius 1 is 1.53 bits per heavy atom. The molecule has 0 radical (unpaired) electrons. The number of furan rings is 1. The molecule has 2 heterocycles. The van der Waals surface area contributed by atoms with E-state index in [9.17, 15) is 0 Å². The molecule has 4 heteroatoms. The van der Waals surface area contributed by atoms with Crippen LogP contribution in [0.25, 0.3) is 0 Å². The molecule has 3 atom stereocenters. The van der Waals surface area contributed by atoms with Crippen molar-refractivity contribution in [1.82, 2.24) is 4.90 Å². The number of likely N-dealkylation sites (tertiary alicyclic amines) is 1. The van der Waals surface area contributed by atoms with E-state index in [1.54, 1.807) is 0 Å². The molecule has 1 aromatic heterocycles. The Balaban J connectivity index is 2.11. The van der Waals surface area contributed by atoms with Gasteiger partial charge in [-0.05, 0) is 50.8 Å². The molecule has 0 saturated carbocycles. The van der Waals surface area contributed by atoms with Crippen molar-refractivity contribution >= 4 is 0 Å². The van der Waals surface area contributed by atoms with E-state index in [0.29, 0.717) is 5.92 Å². The Morgan fingerprint density at radius 3 is 2.89 bits per heavy atom. The van der Waals surface area contributed by atoms with Crippen LogP contribution in [0.1, 0.15) is 43.7 Å². The summed E-state index contributed by atoms with van der Waals surface area (Å²) in [7, 11) is 0. The lowest BCUT2D eigenvalue weighted by Gasteiger charge is -2.30.